The van der Waals surface area contributed by atoms with Gasteiger partial charge in [-0.3, -0.25) is 0 Å². The van der Waals surface area contributed by atoms with Crippen molar-refractivity contribution in [3.05, 3.63) is 35.9 Å². The maximum atomic E-state index is 9.12. The molecule has 0 aromatic heterocycles. The molecule has 0 aliphatic carbocycles. The third-order valence-corrected chi connectivity index (χ3v) is 3.18. The van der Waals surface area contributed by atoms with Crippen LogP contribution in [0.4, 0.5) is 0 Å². The molecule has 0 aliphatic rings. The molecule has 48 valence electrons. The molecular weight excluding hydrogens is 219 g/mol. The fourth-order valence-electron chi connectivity index (χ4n) is 0.732. The second-order valence-corrected chi connectivity index (χ2v) is 5.21. The van der Waals surface area contributed by atoms with E-state index < -0.39 is 0 Å². The van der Waals surface area contributed by atoms with Gasteiger partial charge in [0.15, 0.2) is 0 Å². The van der Waals surface area contributed by atoms with Crippen molar-refractivity contribution in [3.8, 4) is 0 Å². The van der Waals surface area contributed by atoms with E-state index in [4.69, 9.17) is 5.11 Å². The molecule has 1 rings (SSSR count). The first-order valence-corrected chi connectivity index (χ1v) is 6.33. The Bertz CT molecular complexity index is 172. The average Bonchev–Trinajstić information content (AvgIpc) is 1.90. The molecule has 0 spiro atoms. The molecule has 0 amide bonds. The predicted molar refractivity (Wildman–Crippen MR) is 41.3 cm³/mol. The Labute approximate surface area is 67.8 Å². The van der Waals surface area contributed by atoms with Crippen molar-refractivity contribution in [1.29, 1.82) is 0 Å². The standard InChI is InChI=1S/C7H7O.Sn.3H/c8-6-7-4-2-1-3-5-7;;;;/h1-6,8H;;;;. The first-order valence-electron chi connectivity index (χ1n) is 3.03. The number of hydrogen-bond donors (Lipinski definition) is 1. The van der Waals surface area contributed by atoms with Gasteiger partial charge in [-0.15, -0.1) is 0 Å². The van der Waals surface area contributed by atoms with Crippen molar-refractivity contribution in [3.63, 3.8) is 0 Å². The Hall–Kier alpha value is -0.0213. The molecule has 0 saturated heterocycles. The summed E-state index contributed by atoms with van der Waals surface area (Å²) in [4.78, 5) is 0. The molecule has 1 nitrogen and oxygen atoms in total. The molecule has 9 heavy (non-hydrogen) atoms. The van der Waals surface area contributed by atoms with Crippen LogP contribution < -0.4 is 0 Å². The normalized spacial score (nSPS) is 13.4. The number of aliphatic hydroxyl groups is 1. The quantitative estimate of drug-likeness (QED) is 0.674. The monoisotopic (exact) mass is 230 g/mol. The first kappa shape index (κ1) is 7.09. The minimum atomic E-state index is -0.131. The molecule has 0 heterocycles. The summed E-state index contributed by atoms with van der Waals surface area (Å²) in [6.07, 6.45) is 0. The summed E-state index contributed by atoms with van der Waals surface area (Å²) in [5.41, 5.74) is 1.06. The van der Waals surface area contributed by atoms with Gasteiger partial charge in [0.05, 0.1) is 0 Å². The molecule has 0 aliphatic heterocycles. The number of aliphatic hydroxyl groups excluding tert-OH is 1. The predicted octanol–water partition coefficient (Wildman–Crippen LogP) is 0.0429. The van der Waals surface area contributed by atoms with E-state index in [2.05, 4.69) is 0 Å². The Morgan fingerprint density at radius 1 is 1.22 bits per heavy atom. The second kappa shape index (κ2) is 3.22. The zero-order chi connectivity index (χ0) is 6.69. The molecule has 1 N–H and O–H groups in total. The topological polar surface area (TPSA) is 20.2 Å². The molecule has 0 bridgehead atoms. The van der Waals surface area contributed by atoms with Crippen LogP contribution in [0.5, 0.6) is 0 Å². The van der Waals surface area contributed by atoms with E-state index in [1.165, 1.54) is 0 Å². The molecule has 0 radical (unpaired) electrons. The average molecular weight is 229 g/mol. The number of rotatable bonds is 1. The van der Waals surface area contributed by atoms with E-state index in [0.717, 1.165) is 5.56 Å². The van der Waals surface area contributed by atoms with E-state index in [1.54, 1.807) is 0 Å². The summed E-state index contributed by atoms with van der Waals surface area (Å²) < 4.78 is -0.131. The van der Waals surface area contributed by atoms with Crippen LogP contribution in [0.15, 0.2) is 30.3 Å². The first-order chi connectivity index (χ1) is 4.30. The summed E-state index contributed by atoms with van der Waals surface area (Å²) in [5, 5.41) is 9.12. The minimum absolute atomic E-state index is 0.131. The number of hydrogen-bond acceptors (Lipinski definition) is 1. The van der Waals surface area contributed by atoms with Crippen LogP contribution in [0.3, 0.4) is 0 Å². The zero-order valence-corrected chi connectivity index (χ0v) is 11.1. The molecule has 1 atom stereocenters. The van der Waals surface area contributed by atoms with Crippen LogP contribution in [-0.2, 0) is 0 Å². The Morgan fingerprint density at radius 2 is 1.78 bits per heavy atom. The van der Waals surface area contributed by atoms with E-state index in [0.29, 0.717) is 22.5 Å². The third-order valence-electron chi connectivity index (χ3n) is 1.28. The van der Waals surface area contributed by atoms with Gasteiger partial charge in [-0.1, -0.05) is 0 Å². The summed E-state index contributed by atoms with van der Waals surface area (Å²) in [7, 11) is 0. The number of benzene rings is 1. The molecule has 1 unspecified atom stereocenters. The van der Waals surface area contributed by atoms with E-state index >= 15 is 0 Å². The van der Waals surface area contributed by atoms with Crippen molar-refractivity contribution >= 4 is 22.5 Å². The van der Waals surface area contributed by atoms with Crippen molar-refractivity contribution in [2.75, 3.05) is 0 Å². The van der Waals surface area contributed by atoms with Crippen molar-refractivity contribution in [2.45, 2.75) is 4.12 Å². The Balaban J connectivity index is 2.85. The van der Waals surface area contributed by atoms with Gasteiger partial charge in [0.2, 0.25) is 0 Å². The van der Waals surface area contributed by atoms with Gasteiger partial charge in [-0.05, 0) is 0 Å². The van der Waals surface area contributed by atoms with Crippen LogP contribution in [0.25, 0.3) is 0 Å². The van der Waals surface area contributed by atoms with Gasteiger partial charge in [0.25, 0.3) is 0 Å². The summed E-state index contributed by atoms with van der Waals surface area (Å²) in [5.74, 6) is 0. The van der Waals surface area contributed by atoms with Gasteiger partial charge in [0.1, 0.15) is 0 Å². The van der Waals surface area contributed by atoms with Crippen LogP contribution in [0, 0.1) is 0 Å². The van der Waals surface area contributed by atoms with Crippen LogP contribution in [-0.4, -0.2) is 27.6 Å². The van der Waals surface area contributed by atoms with E-state index in [-0.39, 0.29) is 4.12 Å². The van der Waals surface area contributed by atoms with E-state index in [9.17, 15) is 0 Å². The van der Waals surface area contributed by atoms with Crippen LogP contribution >= 0.6 is 0 Å². The van der Waals surface area contributed by atoms with Gasteiger partial charge in [-0.2, -0.15) is 0 Å². The van der Waals surface area contributed by atoms with Gasteiger partial charge >= 0.3 is 67.6 Å². The molecule has 1 aromatic carbocycles. The molecule has 0 saturated carbocycles. The Kier molecular flexibility index (Phi) is 2.54. The van der Waals surface area contributed by atoms with Crippen molar-refractivity contribution in [1.82, 2.24) is 0 Å². The summed E-state index contributed by atoms with van der Waals surface area (Å²) >= 11 is 0.327. The Morgan fingerprint density at radius 3 is 2.11 bits per heavy atom. The maximum absolute atomic E-state index is 9.12. The van der Waals surface area contributed by atoms with Crippen molar-refractivity contribution in [2.24, 2.45) is 0 Å². The van der Waals surface area contributed by atoms with Gasteiger partial charge < -0.3 is 0 Å². The van der Waals surface area contributed by atoms with Gasteiger partial charge in [0, 0.05) is 0 Å². The SMILES string of the molecule is O[CH]([SnH3])c1ccccc1. The van der Waals surface area contributed by atoms with Crippen LogP contribution in [0.2, 0.25) is 0 Å². The fraction of sp³-hybridized carbons (Fsp3) is 0.143. The fourth-order valence-corrected chi connectivity index (χ4v) is 1.83. The molecular formula is C7H10OSn. The van der Waals surface area contributed by atoms with Gasteiger partial charge in [-0.25, -0.2) is 0 Å². The molecule has 1 aromatic rings. The molecule has 2 heteroatoms. The van der Waals surface area contributed by atoms with E-state index in [1.807, 2.05) is 30.3 Å². The zero-order valence-electron chi connectivity index (χ0n) is 5.41. The van der Waals surface area contributed by atoms with Crippen molar-refractivity contribution < 1.29 is 5.11 Å². The molecule has 0 fully saturated rings. The van der Waals surface area contributed by atoms with Crippen LogP contribution in [0.1, 0.15) is 9.68 Å². The third kappa shape index (κ3) is 1.99. The second-order valence-electron chi connectivity index (χ2n) is 2.09. The summed E-state index contributed by atoms with van der Waals surface area (Å²) in [6.45, 7) is 0. The summed E-state index contributed by atoms with van der Waals surface area (Å²) in [6, 6.07) is 9.78.